The summed E-state index contributed by atoms with van der Waals surface area (Å²) < 4.78 is 39.4. The van der Waals surface area contributed by atoms with Crippen molar-refractivity contribution >= 4 is 39.7 Å². The zero-order chi connectivity index (χ0) is 19.8. The van der Waals surface area contributed by atoms with E-state index in [-0.39, 0.29) is 21.7 Å². The number of aromatic nitrogens is 2. The van der Waals surface area contributed by atoms with Gasteiger partial charge in [0.15, 0.2) is 5.75 Å². The highest BCUT2D eigenvalue weighted by Crippen LogP contribution is 2.34. The molecule has 24 heavy (non-hydrogen) atoms. The molecule has 1 N–H and O–H groups in total. The molecule has 1 heterocycles. The largest absolute Gasteiger partial charge is 0.490 e. The molecule has 0 amide bonds. The highest BCUT2D eigenvalue weighted by Gasteiger charge is 2.18. The molecule has 0 spiro atoms. The minimum atomic E-state index is -2.86. The van der Waals surface area contributed by atoms with Crippen LogP contribution >= 0.6 is 11.6 Å². The Labute approximate surface area is 144 Å². The van der Waals surface area contributed by atoms with E-state index in [9.17, 15) is 14.5 Å². The maximum Gasteiger partial charge on any atom is 0.311 e. The minimum Gasteiger partial charge on any atom is -0.490 e. The van der Waals surface area contributed by atoms with Crippen LogP contribution in [-0.4, -0.2) is 21.9 Å². The van der Waals surface area contributed by atoms with Gasteiger partial charge in [0.2, 0.25) is 0 Å². The second-order valence-electron chi connectivity index (χ2n) is 4.67. The number of benzene rings is 2. The molecule has 2 aromatic carbocycles. The number of fused-ring (bicyclic) bond motifs is 1. The molecular formula is C15H10ClFN4O3. The summed E-state index contributed by atoms with van der Waals surface area (Å²) >= 11 is 5.74. The maximum atomic E-state index is 13.3. The Morgan fingerprint density at radius 3 is 2.92 bits per heavy atom. The Morgan fingerprint density at radius 2 is 2.21 bits per heavy atom. The first kappa shape index (κ1) is 12.4. The highest BCUT2D eigenvalue weighted by molar-refractivity contribution is 6.31. The molecule has 7 nitrogen and oxygen atoms in total. The number of nitrogens with one attached hydrogen (secondary N) is 1. The van der Waals surface area contributed by atoms with Gasteiger partial charge in [-0.1, -0.05) is 11.6 Å². The first-order chi connectivity index (χ1) is 12.6. The van der Waals surface area contributed by atoms with Crippen LogP contribution in [0.3, 0.4) is 0 Å². The van der Waals surface area contributed by atoms with E-state index >= 15 is 0 Å². The minimum absolute atomic E-state index is 0.113. The number of ether oxygens (including phenoxy) is 1. The number of nitro benzene ring substituents is 1. The molecule has 0 atom stereocenters. The Hall–Kier alpha value is -3.00. The van der Waals surface area contributed by atoms with Gasteiger partial charge in [0.1, 0.15) is 18.0 Å². The average molecular weight is 352 g/mol. The van der Waals surface area contributed by atoms with Gasteiger partial charge < -0.3 is 10.1 Å². The number of hydrogen-bond acceptors (Lipinski definition) is 6. The van der Waals surface area contributed by atoms with E-state index in [2.05, 4.69) is 15.3 Å². The van der Waals surface area contributed by atoms with E-state index in [0.29, 0.717) is 5.69 Å². The van der Waals surface area contributed by atoms with E-state index in [0.717, 1.165) is 18.2 Å². The number of halogens is 2. The summed E-state index contributed by atoms with van der Waals surface area (Å²) in [6.45, 7) is 0. The van der Waals surface area contributed by atoms with E-state index in [1.807, 2.05) is 0 Å². The number of hydrogen-bond donors (Lipinski definition) is 1. The second-order valence-corrected chi connectivity index (χ2v) is 5.08. The fourth-order valence-electron chi connectivity index (χ4n) is 2.11. The van der Waals surface area contributed by atoms with Gasteiger partial charge in [-0.05, 0) is 18.2 Å². The molecule has 0 aliphatic rings. The smallest absolute Gasteiger partial charge is 0.311 e. The van der Waals surface area contributed by atoms with Crippen LogP contribution in [0.15, 0.2) is 36.7 Å². The molecular weight excluding hydrogens is 339 g/mol. The van der Waals surface area contributed by atoms with Crippen molar-refractivity contribution in [2.75, 3.05) is 12.4 Å². The van der Waals surface area contributed by atoms with Crippen LogP contribution in [0.2, 0.25) is 5.02 Å². The number of methoxy groups -OCH3 is 1. The summed E-state index contributed by atoms with van der Waals surface area (Å²) in [5.74, 6) is -0.856. The van der Waals surface area contributed by atoms with Crippen molar-refractivity contribution in [2.24, 2.45) is 0 Å². The van der Waals surface area contributed by atoms with E-state index in [1.54, 1.807) is 0 Å². The summed E-state index contributed by atoms with van der Waals surface area (Å²) in [6.07, 6.45) is 1.18. The lowest BCUT2D eigenvalue weighted by molar-refractivity contribution is -0.385. The molecule has 0 saturated carbocycles. The number of nitrogens with zero attached hydrogens (tertiary/aromatic N) is 3. The predicted molar refractivity (Wildman–Crippen MR) is 87.4 cm³/mol. The van der Waals surface area contributed by atoms with Crippen molar-refractivity contribution in [3.05, 3.63) is 57.6 Å². The number of nitro groups is 1. The van der Waals surface area contributed by atoms with Crippen LogP contribution in [-0.2, 0) is 0 Å². The normalized spacial score (nSPS) is 13.0. The van der Waals surface area contributed by atoms with E-state index in [4.69, 9.17) is 20.5 Å². The predicted octanol–water partition coefficient (Wildman–Crippen LogP) is 4.08. The molecule has 1 aromatic heterocycles. The van der Waals surface area contributed by atoms with Gasteiger partial charge in [-0.3, -0.25) is 10.1 Å². The third-order valence-electron chi connectivity index (χ3n) is 3.21. The van der Waals surface area contributed by atoms with Gasteiger partial charge in [-0.25, -0.2) is 14.4 Å². The van der Waals surface area contributed by atoms with Crippen molar-refractivity contribution in [1.29, 1.82) is 0 Å². The molecule has 0 bridgehead atoms. The topological polar surface area (TPSA) is 90.2 Å². The second kappa shape index (κ2) is 6.25. The molecule has 9 heteroatoms. The molecule has 0 fully saturated rings. The lowest BCUT2D eigenvalue weighted by Gasteiger charge is -2.10. The molecule has 3 aromatic rings. The lowest BCUT2D eigenvalue weighted by atomic mass is 10.2. The van der Waals surface area contributed by atoms with Gasteiger partial charge in [0.05, 0.1) is 32.0 Å². The molecule has 0 aliphatic carbocycles. The first-order valence-electron chi connectivity index (χ1n) is 7.98. The van der Waals surface area contributed by atoms with Crippen LogP contribution in [0.1, 0.15) is 4.11 Å². The highest BCUT2D eigenvalue weighted by atomic mass is 35.5. The number of rotatable bonds is 4. The van der Waals surface area contributed by atoms with Crippen molar-refractivity contribution in [3.8, 4) is 5.75 Å². The quantitative estimate of drug-likeness (QED) is 0.562. The van der Waals surface area contributed by atoms with Crippen LogP contribution < -0.4 is 10.1 Å². The van der Waals surface area contributed by atoms with Gasteiger partial charge in [-0.2, -0.15) is 0 Å². The molecule has 0 aliphatic heterocycles. The summed E-state index contributed by atoms with van der Waals surface area (Å²) in [7, 11) is -2.86. The van der Waals surface area contributed by atoms with Crippen molar-refractivity contribution in [1.82, 2.24) is 9.97 Å². The molecule has 0 radical (unpaired) electrons. The average Bonchev–Trinajstić information content (AvgIpc) is 2.56. The van der Waals surface area contributed by atoms with E-state index in [1.165, 1.54) is 18.5 Å². The van der Waals surface area contributed by atoms with Crippen molar-refractivity contribution < 1.29 is 18.2 Å². The lowest BCUT2D eigenvalue weighted by Crippen LogP contribution is -1.99. The van der Waals surface area contributed by atoms with Crippen molar-refractivity contribution in [2.45, 2.75) is 0 Å². The zero-order valence-corrected chi connectivity index (χ0v) is 12.5. The third kappa shape index (κ3) is 2.91. The SMILES string of the molecule is [2H]C([2H])([2H])Oc1cc2ncnc(Nc3ccc(F)c(Cl)c3)c2cc1[N+](=O)[O-]. The fourth-order valence-corrected chi connectivity index (χ4v) is 2.29. The van der Waals surface area contributed by atoms with Crippen LogP contribution in [0.25, 0.3) is 10.9 Å². The van der Waals surface area contributed by atoms with Crippen molar-refractivity contribution in [3.63, 3.8) is 0 Å². The first-order valence-corrected chi connectivity index (χ1v) is 6.86. The van der Waals surface area contributed by atoms with Gasteiger partial charge in [-0.15, -0.1) is 0 Å². The molecule has 0 unspecified atom stereocenters. The Morgan fingerprint density at radius 1 is 1.38 bits per heavy atom. The monoisotopic (exact) mass is 351 g/mol. The Balaban J connectivity index is 2.10. The molecule has 0 saturated heterocycles. The molecule has 3 rings (SSSR count). The Bertz CT molecular complexity index is 1050. The fraction of sp³-hybridized carbons (Fsp3) is 0.0667. The summed E-state index contributed by atoms with van der Waals surface area (Å²) in [6, 6.07) is 6.13. The Kier molecular flexibility index (Phi) is 3.23. The van der Waals surface area contributed by atoms with Crippen LogP contribution in [0.5, 0.6) is 5.75 Å². The standard InChI is InChI=1S/C15H10ClFN4O3/c1-24-14-6-12-9(5-13(14)21(22)23)15(19-7-18-12)20-8-2-3-11(17)10(16)4-8/h2-7H,1H3,(H,18,19,20)/i1D3. The van der Waals surface area contributed by atoms with Gasteiger partial charge >= 0.3 is 5.69 Å². The summed E-state index contributed by atoms with van der Waals surface area (Å²) in [4.78, 5) is 18.6. The number of anilines is 2. The summed E-state index contributed by atoms with van der Waals surface area (Å²) in [5.41, 5.74) is 0.0473. The molecule has 122 valence electrons. The third-order valence-corrected chi connectivity index (χ3v) is 3.49. The van der Waals surface area contributed by atoms with Crippen LogP contribution in [0, 0.1) is 15.9 Å². The van der Waals surface area contributed by atoms with Gasteiger partial charge in [0, 0.05) is 17.8 Å². The van der Waals surface area contributed by atoms with Crippen LogP contribution in [0.4, 0.5) is 21.6 Å². The van der Waals surface area contributed by atoms with Gasteiger partial charge in [0.25, 0.3) is 0 Å². The van der Waals surface area contributed by atoms with E-state index < -0.39 is 29.2 Å². The maximum absolute atomic E-state index is 13.3. The summed E-state index contributed by atoms with van der Waals surface area (Å²) in [5, 5.41) is 14.3. The zero-order valence-electron chi connectivity index (χ0n) is 14.8.